The molecular formula is C19H18N4O2. The minimum atomic E-state index is -0.771. The van der Waals surface area contributed by atoms with Gasteiger partial charge in [-0.1, -0.05) is 48.0 Å². The van der Waals surface area contributed by atoms with Crippen LogP contribution < -0.4 is 11.0 Å². The van der Waals surface area contributed by atoms with Crippen LogP contribution in [0, 0.1) is 6.92 Å². The van der Waals surface area contributed by atoms with Gasteiger partial charge in [0.2, 0.25) is 5.91 Å². The van der Waals surface area contributed by atoms with Crippen LogP contribution in [0.1, 0.15) is 18.5 Å². The minimum absolute atomic E-state index is 0.328. The average molecular weight is 334 g/mol. The van der Waals surface area contributed by atoms with Crippen LogP contribution in [-0.2, 0) is 4.79 Å². The molecule has 0 spiro atoms. The van der Waals surface area contributed by atoms with Crippen molar-refractivity contribution in [1.29, 1.82) is 0 Å². The summed E-state index contributed by atoms with van der Waals surface area (Å²) in [4.78, 5) is 28.7. The number of rotatable bonds is 4. The molecule has 25 heavy (non-hydrogen) atoms. The van der Waals surface area contributed by atoms with Crippen LogP contribution >= 0.6 is 0 Å². The van der Waals surface area contributed by atoms with E-state index in [1.54, 1.807) is 19.1 Å². The predicted octanol–water partition coefficient (Wildman–Crippen LogP) is 2.81. The summed E-state index contributed by atoms with van der Waals surface area (Å²) in [5, 5.41) is 6.87. The quantitative estimate of drug-likeness (QED) is 0.796. The number of anilines is 1. The highest BCUT2D eigenvalue weighted by molar-refractivity contribution is 5.93. The van der Waals surface area contributed by atoms with Gasteiger partial charge >= 0.3 is 5.69 Å². The number of aryl methyl sites for hydroxylation is 1. The van der Waals surface area contributed by atoms with Crippen LogP contribution in [0.2, 0.25) is 0 Å². The van der Waals surface area contributed by atoms with Crippen molar-refractivity contribution in [2.24, 2.45) is 0 Å². The molecule has 0 aliphatic carbocycles. The summed E-state index contributed by atoms with van der Waals surface area (Å²) in [5.74, 6) is -0.328. The van der Waals surface area contributed by atoms with E-state index in [2.05, 4.69) is 15.4 Å². The van der Waals surface area contributed by atoms with Gasteiger partial charge in [0, 0.05) is 11.3 Å². The number of carbonyl (C=O) groups excluding carboxylic acids is 1. The summed E-state index contributed by atoms with van der Waals surface area (Å²) in [7, 11) is 0. The molecule has 1 heterocycles. The van der Waals surface area contributed by atoms with Crippen molar-refractivity contribution in [3.63, 3.8) is 0 Å². The summed E-state index contributed by atoms with van der Waals surface area (Å²) >= 11 is 0. The van der Waals surface area contributed by atoms with E-state index in [0.717, 1.165) is 15.8 Å². The van der Waals surface area contributed by atoms with Gasteiger partial charge in [-0.15, -0.1) is 0 Å². The second-order valence-corrected chi connectivity index (χ2v) is 5.77. The lowest BCUT2D eigenvalue weighted by molar-refractivity contribution is -0.119. The molecule has 6 nitrogen and oxygen atoms in total. The van der Waals surface area contributed by atoms with Gasteiger partial charge in [-0.25, -0.2) is 9.48 Å². The highest BCUT2D eigenvalue weighted by Crippen LogP contribution is 2.15. The topological polar surface area (TPSA) is 76.9 Å². The highest BCUT2D eigenvalue weighted by Gasteiger charge is 2.18. The first-order chi connectivity index (χ1) is 12.0. The van der Waals surface area contributed by atoms with Gasteiger partial charge in [-0.3, -0.25) is 4.79 Å². The van der Waals surface area contributed by atoms with Crippen LogP contribution in [0.5, 0.6) is 0 Å². The third kappa shape index (κ3) is 3.80. The van der Waals surface area contributed by atoms with Crippen molar-refractivity contribution in [3.8, 4) is 11.3 Å². The lowest BCUT2D eigenvalue weighted by Crippen LogP contribution is -2.34. The number of para-hydroxylation sites is 1. The van der Waals surface area contributed by atoms with E-state index in [9.17, 15) is 9.59 Å². The standard InChI is InChI=1S/C19H18N4O2/c1-13-8-10-15(11-9-13)17-12-20-23(19(25)22-17)14(2)18(24)21-16-6-4-3-5-7-16/h3-12,14H,1-2H3,(H,21,24)/t14-/m0/s1. The van der Waals surface area contributed by atoms with Crippen molar-refractivity contribution in [2.75, 3.05) is 5.32 Å². The number of benzene rings is 2. The van der Waals surface area contributed by atoms with Crippen LogP contribution in [0.25, 0.3) is 11.3 Å². The molecule has 2 aromatic carbocycles. The summed E-state index contributed by atoms with van der Waals surface area (Å²) in [6, 6.07) is 15.9. The van der Waals surface area contributed by atoms with E-state index in [4.69, 9.17) is 0 Å². The molecule has 3 rings (SSSR count). The van der Waals surface area contributed by atoms with Crippen molar-refractivity contribution < 1.29 is 4.79 Å². The first-order valence-electron chi connectivity index (χ1n) is 7.93. The van der Waals surface area contributed by atoms with Crippen LogP contribution in [0.3, 0.4) is 0 Å². The lowest BCUT2D eigenvalue weighted by atomic mass is 10.1. The molecule has 1 aromatic heterocycles. The number of nitrogens with one attached hydrogen (secondary N) is 1. The summed E-state index contributed by atoms with van der Waals surface area (Å²) in [6.07, 6.45) is 1.50. The second-order valence-electron chi connectivity index (χ2n) is 5.77. The van der Waals surface area contributed by atoms with E-state index >= 15 is 0 Å². The smallest absolute Gasteiger partial charge is 0.324 e. The molecule has 0 aliphatic rings. The maximum Gasteiger partial charge on any atom is 0.365 e. The molecule has 1 atom stereocenters. The number of nitrogens with zero attached hydrogens (tertiary/aromatic N) is 3. The first-order valence-corrected chi connectivity index (χ1v) is 7.93. The zero-order chi connectivity index (χ0) is 17.8. The molecule has 126 valence electrons. The molecule has 0 saturated carbocycles. The van der Waals surface area contributed by atoms with Gasteiger partial charge in [0.05, 0.1) is 11.9 Å². The molecule has 1 N–H and O–H groups in total. The Labute approximate surface area is 145 Å². The van der Waals surface area contributed by atoms with E-state index in [1.165, 1.54) is 6.20 Å². The Balaban J connectivity index is 1.81. The summed E-state index contributed by atoms with van der Waals surface area (Å²) in [6.45, 7) is 3.60. The van der Waals surface area contributed by atoms with Gasteiger partial charge < -0.3 is 5.32 Å². The number of carbonyl (C=O) groups is 1. The molecular weight excluding hydrogens is 316 g/mol. The van der Waals surface area contributed by atoms with Gasteiger partial charge in [0.25, 0.3) is 0 Å². The Kier molecular flexibility index (Phi) is 4.70. The Morgan fingerprint density at radius 3 is 2.40 bits per heavy atom. The largest absolute Gasteiger partial charge is 0.365 e. The van der Waals surface area contributed by atoms with Gasteiger partial charge in [0.15, 0.2) is 0 Å². The molecule has 0 aliphatic heterocycles. The molecule has 0 bridgehead atoms. The van der Waals surface area contributed by atoms with Crippen molar-refractivity contribution in [1.82, 2.24) is 14.8 Å². The molecule has 0 radical (unpaired) electrons. The average Bonchev–Trinajstić information content (AvgIpc) is 2.62. The number of hydrogen-bond donors (Lipinski definition) is 1. The molecule has 0 unspecified atom stereocenters. The molecule has 0 fully saturated rings. The Morgan fingerprint density at radius 2 is 1.76 bits per heavy atom. The molecule has 0 saturated heterocycles. The minimum Gasteiger partial charge on any atom is -0.324 e. The fourth-order valence-electron chi connectivity index (χ4n) is 2.36. The summed E-state index contributed by atoms with van der Waals surface area (Å²) < 4.78 is 1.08. The molecule has 1 amide bonds. The number of hydrogen-bond acceptors (Lipinski definition) is 4. The summed E-state index contributed by atoms with van der Waals surface area (Å²) in [5.41, 5.74) is 2.52. The predicted molar refractivity (Wildman–Crippen MR) is 96.2 cm³/mol. The monoisotopic (exact) mass is 334 g/mol. The Bertz CT molecular complexity index is 934. The Hall–Kier alpha value is -3.28. The zero-order valence-electron chi connectivity index (χ0n) is 14.0. The second kappa shape index (κ2) is 7.09. The van der Waals surface area contributed by atoms with E-state index in [-0.39, 0.29) is 5.91 Å². The van der Waals surface area contributed by atoms with Crippen molar-refractivity contribution >= 4 is 11.6 Å². The van der Waals surface area contributed by atoms with E-state index in [0.29, 0.717) is 11.4 Å². The highest BCUT2D eigenvalue weighted by atomic mass is 16.2. The van der Waals surface area contributed by atoms with Crippen molar-refractivity contribution in [2.45, 2.75) is 19.9 Å². The lowest BCUT2D eigenvalue weighted by Gasteiger charge is -2.13. The van der Waals surface area contributed by atoms with Gasteiger partial charge in [-0.2, -0.15) is 10.1 Å². The SMILES string of the molecule is Cc1ccc(-c2cnn([C@@H](C)C(=O)Nc3ccccc3)c(=O)n2)cc1. The van der Waals surface area contributed by atoms with Crippen molar-refractivity contribution in [3.05, 3.63) is 76.8 Å². The number of amides is 1. The van der Waals surface area contributed by atoms with Crippen LogP contribution in [0.4, 0.5) is 5.69 Å². The zero-order valence-corrected chi connectivity index (χ0v) is 14.0. The number of aromatic nitrogens is 3. The molecule has 6 heteroatoms. The van der Waals surface area contributed by atoms with E-state index in [1.807, 2.05) is 49.4 Å². The van der Waals surface area contributed by atoms with Gasteiger partial charge in [0.1, 0.15) is 6.04 Å². The van der Waals surface area contributed by atoms with Gasteiger partial charge in [-0.05, 0) is 26.0 Å². The third-order valence-corrected chi connectivity index (χ3v) is 3.85. The fourth-order valence-corrected chi connectivity index (χ4v) is 2.36. The maximum absolute atomic E-state index is 12.3. The third-order valence-electron chi connectivity index (χ3n) is 3.85. The van der Waals surface area contributed by atoms with E-state index < -0.39 is 11.7 Å². The molecule has 3 aromatic rings. The fraction of sp³-hybridized carbons (Fsp3) is 0.158. The first kappa shape index (κ1) is 16.6. The Morgan fingerprint density at radius 1 is 1.08 bits per heavy atom. The normalized spacial score (nSPS) is 11.8. The maximum atomic E-state index is 12.3. The van der Waals surface area contributed by atoms with Crippen LogP contribution in [0.15, 0.2) is 65.6 Å². The van der Waals surface area contributed by atoms with Crippen LogP contribution in [-0.4, -0.2) is 20.7 Å².